The molecule has 0 fully saturated rings. The molecule has 0 spiro atoms. The summed E-state index contributed by atoms with van der Waals surface area (Å²) in [5.74, 6) is -0.762. The van der Waals surface area contributed by atoms with E-state index in [1.54, 1.807) is 66.0 Å². The van der Waals surface area contributed by atoms with Crippen molar-refractivity contribution in [1.29, 1.82) is 5.26 Å². The molecule has 174 valence electrons. The van der Waals surface area contributed by atoms with Gasteiger partial charge < -0.3 is 20.8 Å². The average Bonchev–Trinajstić information content (AvgIpc) is 3.42. The second kappa shape index (κ2) is 10.6. The van der Waals surface area contributed by atoms with E-state index < -0.39 is 5.91 Å². The summed E-state index contributed by atoms with van der Waals surface area (Å²) in [5, 5.41) is 36.5. The molecule has 0 aliphatic carbocycles. The molecule has 2 aromatic heterocycles. The van der Waals surface area contributed by atoms with Crippen LogP contribution in [0.2, 0.25) is 0 Å². The van der Waals surface area contributed by atoms with Crippen LogP contribution in [0.25, 0.3) is 22.4 Å². The van der Waals surface area contributed by atoms with Crippen molar-refractivity contribution in [1.82, 2.24) is 10.3 Å². The Labute approximate surface area is 205 Å². The van der Waals surface area contributed by atoms with Gasteiger partial charge in [-0.25, -0.2) is 4.98 Å². The van der Waals surface area contributed by atoms with E-state index in [2.05, 4.69) is 21.7 Å². The minimum atomic E-state index is -0.415. The van der Waals surface area contributed by atoms with E-state index in [-0.39, 0.29) is 36.2 Å². The summed E-state index contributed by atoms with van der Waals surface area (Å²) in [4.78, 5) is 30.2. The van der Waals surface area contributed by atoms with Crippen LogP contribution in [0, 0.1) is 11.3 Å². The van der Waals surface area contributed by atoms with Gasteiger partial charge in [-0.3, -0.25) is 9.59 Å². The summed E-state index contributed by atoms with van der Waals surface area (Å²) >= 11 is 1.25. The van der Waals surface area contributed by atoms with Crippen molar-refractivity contribution < 1.29 is 19.8 Å². The minimum absolute atomic E-state index is 0.0108. The number of hydrogen-bond donors (Lipinski definition) is 4. The lowest BCUT2D eigenvalue weighted by Crippen LogP contribution is -2.26. The Morgan fingerprint density at radius 3 is 2.54 bits per heavy atom. The molecule has 4 N–H and O–H groups in total. The first-order valence-electron chi connectivity index (χ1n) is 10.6. The molecule has 4 aromatic rings. The third-order valence-electron chi connectivity index (χ3n) is 5.12. The predicted octanol–water partition coefficient (Wildman–Crippen LogP) is 4.03. The molecule has 0 radical (unpaired) electrons. The third-order valence-corrected chi connectivity index (χ3v) is 5.99. The van der Waals surface area contributed by atoms with E-state index in [9.17, 15) is 20.0 Å². The van der Waals surface area contributed by atoms with Gasteiger partial charge in [-0.2, -0.15) is 5.26 Å². The SMILES string of the molecule is N#Cc1c(-c2cccc(C(=O)NCCO)c2)cc(-c2ccccc2O)nc1NC(=O)c1cccs1. The van der Waals surface area contributed by atoms with E-state index in [1.807, 2.05) is 0 Å². The highest BCUT2D eigenvalue weighted by atomic mass is 32.1. The van der Waals surface area contributed by atoms with Gasteiger partial charge in [0.25, 0.3) is 11.8 Å². The van der Waals surface area contributed by atoms with Crippen molar-refractivity contribution in [2.24, 2.45) is 0 Å². The molecule has 8 nitrogen and oxygen atoms in total. The molecule has 4 rings (SSSR count). The zero-order chi connectivity index (χ0) is 24.8. The Bertz CT molecular complexity index is 1430. The number of aliphatic hydroxyl groups is 1. The average molecular weight is 485 g/mol. The van der Waals surface area contributed by atoms with E-state index in [4.69, 9.17) is 5.11 Å². The lowest BCUT2D eigenvalue weighted by atomic mass is 9.96. The van der Waals surface area contributed by atoms with Gasteiger partial charge in [-0.1, -0.05) is 30.3 Å². The van der Waals surface area contributed by atoms with Crippen LogP contribution < -0.4 is 10.6 Å². The van der Waals surface area contributed by atoms with Gasteiger partial charge in [0, 0.05) is 23.2 Å². The number of phenolic OH excluding ortho intramolecular Hbond substituents is 1. The Morgan fingerprint density at radius 2 is 1.83 bits per heavy atom. The Balaban J connectivity index is 1.87. The number of carbonyl (C=O) groups is 2. The van der Waals surface area contributed by atoms with Crippen LogP contribution in [0.4, 0.5) is 5.82 Å². The number of benzene rings is 2. The highest BCUT2D eigenvalue weighted by Crippen LogP contribution is 2.35. The number of nitrogens with zero attached hydrogens (tertiary/aromatic N) is 2. The number of pyridine rings is 1. The second-order valence-corrected chi connectivity index (χ2v) is 8.35. The molecular formula is C26H20N4O4S. The number of amides is 2. The first kappa shape index (κ1) is 23.6. The van der Waals surface area contributed by atoms with Crippen molar-refractivity contribution in [3.8, 4) is 34.2 Å². The highest BCUT2D eigenvalue weighted by Gasteiger charge is 2.20. The Hall–Kier alpha value is -4.52. The summed E-state index contributed by atoms with van der Waals surface area (Å²) in [6.07, 6.45) is 0. The van der Waals surface area contributed by atoms with Crippen LogP contribution >= 0.6 is 11.3 Å². The molecule has 2 heterocycles. The van der Waals surface area contributed by atoms with Gasteiger partial charge in [0.2, 0.25) is 0 Å². The second-order valence-electron chi connectivity index (χ2n) is 7.40. The zero-order valence-electron chi connectivity index (χ0n) is 18.4. The van der Waals surface area contributed by atoms with Crippen molar-refractivity contribution in [3.63, 3.8) is 0 Å². The fourth-order valence-corrected chi connectivity index (χ4v) is 4.10. The van der Waals surface area contributed by atoms with Crippen LogP contribution in [0.3, 0.4) is 0 Å². The largest absolute Gasteiger partial charge is 0.507 e. The first-order valence-corrected chi connectivity index (χ1v) is 11.5. The van der Waals surface area contributed by atoms with Gasteiger partial charge in [0.05, 0.1) is 17.2 Å². The monoisotopic (exact) mass is 484 g/mol. The minimum Gasteiger partial charge on any atom is -0.507 e. The number of para-hydroxylation sites is 1. The predicted molar refractivity (Wildman–Crippen MR) is 133 cm³/mol. The maximum absolute atomic E-state index is 12.8. The van der Waals surface area contributed by atoms with Crippen LogP contribution in [-0.2, 0) is 0 Å². The number of hydrogen-bond acceptors (Lipinski definition) is 7. The molecule has 0 aliphatic rings. The molecular weight excluding hydrogens is 464 g/mol. The Morgan fingerprint density at radius 1 is 1.00 bits per heavy atom. The van der Waals surface area contributed by atoms with Crippen molar-refractivity contribution >= 4 is 29.0 Å². The summed E-state index contributed by atoms with van der Waals surface area (Å²) in [6.45, 7) is -0.0797. The standard InChI is InChI=1S/C26H20N4O4S/c27-15-20-19(16-5-3-6-17(13-16)25(33)28-10-11-31)14-21(18-7-1-2-8-22(18)32)29-24(20)30-26(34)23-9-4-12-35-23/h1-9,12-14,31-32H,10-11H2,(H,28,33)(H,29,30,34). The lowest BCUT2D eigenvalue weighted by molar-refractivity contribution is 0.0944. The van der Waals surface area contributed by atoms with Crippen LogP contribution in [0.15, 0.2) is 72.1 Å². The molecule has 0 bridgehead atoms. The zero-order valence-corrected chi connectivity index (χ0v) is 19.2. The smallest absolute Gasteiger partial charge is 0.266 e. The third kappa shape index (κ3) is 5.19. The van der Waals surface area contributed by atoms with Gasteiger partial charge in [-0.15, -0.1) is 11.3 Å². The van der Waals surface area contributed by atoms with Gasteiger partial charge >= 0.3 is 0 Å². The van der Waals surface area contributed by atoms with Crippen molar-refractivity contribution in [2.45, 2.75) is 0 Å². The number of phenols is 1. The van der Waals surface area contributed by atoms with Gasteiger partial charge in [0.1, 0.15) is 17.4 Å². The summed E-state index contributed by atoms with van der Waals surface area (Å²) < 4.78 is 0. The number of aliphatic hydroxyl groups excluding tert-OH is 1. The molecule has 9 heteroatoms. The number of aromatic hydroxyl groups is 1. The Kier molecular flexibility index (Phi) is 7.16. The number of nitriles is 1. The van der Waals surface area contributed by atoms with E-state index >= 15 is 0 Å². The molecule has 2 amide bonds. The quantitative estimate of drug-likeness (QED) is 0.313. The first-order chi connectivity index (χ1) is 17.0. The van der Waals surface area contributed by atoms with Crippen LogP contribution in [0.1, 0.15) is 25.6 Å². The van der Waals surface area contributed by atoms with Crippen molar-refractivity contribution in [2.75, 3.05) is 18.5 Å². The number of anilines is 1. The normalized spacial score (nSPS) is 10.4. The molecule has 35 heavy (non-hydrogen) atoms. The van der Waals surface area contributed by atoms with Crippen LogP contribution in [0.5, 0.6) is 5.75 Å². The number of nitrogens with one attached hydrogen (secondary N) is 2. The maximum atomic E-state index is 12.8. The molecule has 0 saturated carbocycles. The van der Waals surface area contributed by atoms with E-state index in [1.165, 1.54) is 17.4 Å². The number of carbonyl (C=O) groups excluding carboxylic acids is 2. The maximum Gasteiger partial charge on any atom is 0.266 e. The van der Waals surface area contributed by atoms with Crippen LogP contribution in [-0.4, -0.2) is 40.2 Å². The fraction of sp³-hybridized carbons (Fsp3) is 0.0769. The number of rotatable bonds is 7. The van der Waals surface area contributed by atoms with Gasteiger partial charge in [0.15, 0.2) is 5.82 Å². The molecule has 2 aromatic carbocycles. The van der Waals surface area contributed by atoms with Crippen molar-refractivity contribution in [3.05, 3.63) is 88.1 Å². The summed E-state index contributed by atoms with van der Waals surface area (Å²) in [6, 6.07) is 20.4. The van der Waals surface area contributed by atoms with E-state index in [0.29, 0.717) is 32.8 Å². The number of thiophene rings is 1. The topological polar surface area (TPSA) is 135 Å². The lowest BCUT2D eigenvalue weighted by Gasteiger charge is -2.14. The fourth-order valence-electron chi connectivity index (χ4n) is 3.48. The highest BCUT2D eigenvalue weighted by molar-refractivity contribution is 7.12. The molecule has 0 unspecified atom stereocenters. The number of aromatic nitrogens is 1. The van der Waals surface area contributed by atoms with E-state index in [0.717, 1.165) is 0 Å². The molecule has 0 saturated heterocycles. The molecule has 0 aliphatic heterocycles. The summed E-state index contributed by atoms with van der Waals surface area (Å²) in [7, 11) is 0. The summed E-state index contributed by atoms with van der Waals surface area (Å²) in [5.41, 5.74) is 2.19. The van der Waals surface area contributed by atoms with Gasteiger partial charge in [-0.05, 0) is 47.3 Å². The molecule has 0 atom stereocenters.